The Bertz CT molecular complexity index is 916. The molecule has 1 aliphatic heterocycles. The van der Waals surface area contributed by atoms with Crippen LogP contribution in [0.15, 0.2) is 41.0 Å². The van der Waals surface area contributed by atoms with E-state index in [9.17, 15) is 19.8 Å². The molecule has 28 heavy (non-hydrogen) atoms. The number of rotatable bonds is 7. The van der Waals surface area contributed by atoms with Crippen molar-refractivity contribution in [1.82, 2.24) is 14.4 Å². The Morgan fingerprint density at radius 1 is 1.18 bits per heavy atom. The molecule has 0 radical (unpaired) electrons. The number of halogens is 1. The van der Waals surface area contributed by atoms with Gasteiger partial charge in [-0.1, -0.05) is 34.1 Å². The van der Waals surface area contributed by atoms with Crippen molar-refractivity contribution in [1.29, 1.82) is 0 Å². The van der Waals surface area contributed by atoms with Gasteiger partial charge in [-0.3, -0.25) is 19.4 Å². The summed E-state index contributed by atoms with van der Waals surface area (Å²) in [5, 5.41) is 20.0. The van der Waals surface area contributed by atoms with Gasteiger partial charge in [-0.25, -0.2) is 0 Å². The maximum Gasteiger partial charge on any atom is 0.325 e. The van der Waals surface area contributed by atoms with Gasteiger partial charge >= 0.3 is 11.9 Å². The van der Waals surface area contributed by atoms with E-state index in [2.05, 4.69) is 27.4 Å². The molecule has 0 unspecified atom stereocenters. The van der Waals surface area contributed by atoms with E-state index in [1.54, 1.807) is 10.8 Å². The molecule has 1 saturated heterocycles. The molecule has 0 aliphatic carbocycles. The quantitative estimate of drug-likeness (QED) is 0.632. The third-order valence-electron chi connectivity index (χ3n) is 4.97. The van der Waals surface area contributed by atoms with Gasteiger partial charge in [-0.2, -0.15) is 0 Å². The zero-order chi connectivity index (χ0) is 20.4. The lowest BCUT2D eigenvalue weighted by Crippen LogP contribution is -2.49. The van der Waals surface area contributed by atoms with Crippen LogP contribution in [0.1, 0.15) is 18.5 Å². The minimum Gasteiger partial charge on any atom is -0.480 e. The van der Waals surface area contributed by atoms with Crippen LogP contribution >= 0.6 is 15.9 Å². The average molecular weight is 450 g/mol. The van der Waals surface area contributed by atoms with Crippen LogP contribution in [0.2, 0.25) is 0 Å². The van der Waals surface area contributed by atoms with Gasteiger partial charge in [0.25, 0.3) is 0 Å². The molecule has 1 aromatic carbocycles. The van der Waals surface area contributed by atoms with Gasteiger partial charge in [-0.15, -0.1) is 0 Å². The van der Waals surface area contributed by atoms with Crippen molar-refractivity contribution in [2.75, 3.05) is 32.7 Å². The Balaban J connectivity index is 1.95. The van der Waals surface area contributed by atoms with Gasteiger partial charge < -0.3 is 14.8 Å². The van der Waals surface area contributed by atoms with Crippen molar-refractivity contribution >= 4 is 38.8 Å². The second kappa shape index (κ2) is 8.46. The second-order valence-corrected chi connectivity index (χ2v) is 8.19. The molecule has 7 nitrogen and oxygen atoms in total. The van der Waals surface area contributed by atoms with Crippen molar-refractivity contribution in [2.45, 2.75) is 19.5 Å². The topological polar surface area (TPSA) is 86.0 Å². The van der Waals surface area contributed by atoms with Gasteiger partial charge in [0, 0.05) is 54.3 Å². The molecule has 1 atom stereocenters. The highest BCUT2D eigenvalue weighted by Crippen LogP contribution is 2.33. The van der Waals surface area contributed by atoms with Crippen LogP contribution in [0.25, 0.3) is 10.9 Å². The van der Waals surface area contributed by atoms with Crippen LogP contribution in [0.3, 0.4) is 0 Å². The number of hydrogen-bond acceptors (Lipinski definition) is 4. The van der Waals surface area contributed by atoms with Crippen LogP contribution in [-0.4, -0.2) is 69.2 Å². The van der Waals surface area contributed by atoms with Crippen molar-refractivity contribution < 1.29 is 19.8 Å². The number of aromatic nitrogens is 1. The first kappa shape index (κ1) is 20.6. The van der Waals surface area contributed by atoms with E-state index in [0.717, 1.165) is 35.1 Å². The summed E-state index contributed by atoms with van der Waals surface area (Å²) >= 11 is 3.41. The van der Waals surface area contributed by atoms with Crippen molar-refractivity contribution in [3.63, 3.8) is 0 Å². The molecular weight excluding hydrogens is 426 g/mol. The number of piperazine rings is 1. The zero-order valence-electron chi connectivity index (χ0n) is 15.8. The van der Waals surface area contributed by atoms with Crippen molar-refractivity contribution in [3.8, 4) is 0 Å². The standard InChI is InChI=1S/C20H24BrN3O4/c1-13(2)10-22-5-7-23(8-6-22)19(20(27)28)16-11-24(12-18(25)26)17-9-14(21)3-4-15(16)17/h3-4,9,11,19H,1,5-8,10,12H2,2H3,(H,25,26)(H,27,28)/t19-/m1/s1. The van der Waals surface area contributed by atoms with Gasteiger partial charge in [0.05, 0.1) is 5.52 Å². The molecule has 0 bridgehead atoms. The molecule has 0 amide bonds. The Hall–Kier alpha value is -2.16. The number of carbonyl (C=O) groups is 2. The van der Waals surface area contributed by atoms with Crippen LogP contribution in [0.5, 0.6) is 0 Å². The smallest absolute Gasteiger partial charge is 0.325 e. The number of carboxylic acids is 2. The Morgan fingerprint density at radius 2 is 1.86 bits per heavy atom. The largest absolute Gasteiger partial charge is 0.480 e. The van der Waals surface area contributed by atoms with E-state index in [1.165, 1.54) is 0 Å². The molecule has 2 heterocycles. The molecule has 1 aromatic heterocycles. The first-order valence-corrected chi connectivity index (χ1v) is 9.89. The molecule has 0 saturated carbocycles. The molecule has 2 aromatic rings. The fourth-order valence-electron chi connectivity index (χ4n) is 3.84. The second-order valence-electron chi connectivity index (χ2n) is 7.28. The highest BCUT2D eigenvalue weighted by molar-refractivity contribution is 9.10. The lowest BCUT2D eigenvalue weighted by molar-refractivity contribution is -0.144. The number of carboxylic acid groups (broad SMARTS) is 2. The number of nitrogens with zero attached hydrogens (tertiary/aromatic N) is 3. The molecule has 2 N–H and O–H groups in total. The number of fused-ring (bicyclic) bond motifs is 1. The molecule has 1 fully saturated rings. The average Bonchev–Trinajstić information content (AvgIpc) is 2.92. The summed E-state index contributed by atoms with van der Waals surface area (Å²) < 4.78 is 2.42. The molecule has 1 aliphatic rings. The summed E-state index contributed by atoms with van der Waals surface area (Å²) in [7, 11) is 0. The fourth-order valence-corrected chi connectivity index (χ4v) is 4.18. The fraction of sp³-hybridized carbons (Fsp3) is 0.400. The van der Waals surface area contributed by atoms with E-state index in [-0.39, 0.29) is 6.54 Å². The summed E-state index contributed by atoms with van der Waals surface area (Å²) in [6, 6.07) is 4.71. The van der Waals surface area contributed by atoms with E-state index < -0.39 is 18.0 Å². The van der Waals surface area contributed by atoms with E-state index in [0.29, 0.717) is 24.2 Å². The summed E-state index contributed by atoms with van der Waals surface area (Å²) in [4.78, 5) is 27.7. The highest BCUT2D eigenvalue weighted by atomic mass is 79.9. The van der Waals surface area contributed by atoms with Gasteiger partial charge in [0.2, 0.25) is 0 Å². The predicted molar refractivity (Wildman–Crippen MR) is 110 cm³/mol. The van der Waals surface area contributed by atoms with Crippen LogP contribution in [-0.2, 0) is 16.1 Å². The summed E-state index contributed by atoms with van der Waals surface area (Å²) in [6.45, 7) is 9.34. The third-order valence-corrected chi connectivity index (χ3v) is 5.47. The minimum absolute atomic E-state index is 0.217. The van der Waals surface area contributed by atoms with E-state index in [4.69, 9.17) is 0 Å². The number of aliphatic carboxylic acids is 2. The van der Waals surface area contributed by atoms with Crippen LogP contribution in [0.4, 0.5) is 0 Å². The number of benzene rings is 1. The minimum atomic E-state index is -0.969. The van der Waals surface area contributed by atoms with Gasteiger partial charge in [-0.05, 0) is 19.1 Å². The summed E-state index contributed by atoms with van der Waals surface area (Å²) in [5.41, 5.74) is 2.43. The maximum absolute atomic E-state index is 12.2. The first-order valence-electron chi connectivity index (χ1n) is 9.10. The Morgan fingerprint density at radius 3 is 2.43 bits per heavy atom. The predicted octanol–water partition coefficient (Wildman–Crippen LogP) is 2.81. The lowest BCUT2D eigenvalue weighted by Gasteiger charge is -2.37. The van der Waals surface area contributed by atoms with Gasteiger partial charge in [0.15, 0.2) is 0 Å². The lowest BCUT2D eigenvalue weighted by atomic mass is 10.0. The van der Waals surface area contributed by atoms with Crippen molar-refractivity contribution in [2.24, 2.45) is 0 Å². The SMILES string of the molecule is C=C(C)CN1CCN([C@@H](C(=O)O)c2cn(CC(=O)O)c3cc(Br)ccc23)CC1. The molecule has 3 rings (SSSR count). The normalized spacial score (nSPS) is 16.9. The maximum atomic E-state index is 12.2. The van der Waals surface area contributed by atoms with E-state index >= 15 is 0 Å². The van der Waals surface area contributed by atoms with Crippen LogP contribution < -0.4 is 0 Å². The molecule has 0 spiro atoms. The van der Waals surface area contributed by atoms with Crippen LogP contribution in [0, 0.1) is 0 Å². The molecular formula is C20H24BrN3O4. The molecule has 150 valence electrons. The van der Waals surface area contributed by atoms with E-state index in [1.807, 2.05) is 30.0 Å². The number of hydrogen-bond donors (Lipinski definition) is 2. The zero-order valence-corrected chi connectivity index (χ0v) is 17.4. The Labute approximate surface area is 172 Å². The van der Waals surface area contributed by atoms with Gasteiger partial charge in [0.1, 0.15) is 12.6 Å². The monoisotopic (exact) mass is 449 g/mol. The summed E-state index contributed by atoms with van der Waals surface area (Å²) in [6.07, 6.45) is 1.67. The van der Waals surface area contributed by atoms with Crippen molar-refractivity contribution in [3.05, 3.63) is 46.6 Å². The summed E-state index contributed by atoms with van der Waals surface area (Å²) in [5.74, 6) is -1.89. The first-order chi connectivity index (χ1) is 13.3. The Kier molecular flexibility index (Phi) is 6.22. The molecule has 8 heteroatoms. The third kappa shape index (κ3) is 4.45. The highest BCUT2D eigenvalue weighted by Gasteiger charge is 2.32.